The summed E-state index contributed by atoms with van der Waals surface area (Å²) in [5.74, 6) is -0.461. The summed E-state index contributed by atoms with van der Waals surface area (Å²) in [6.07, 6.45) is 2.84. The molecule has 1 aromatic heterocycles. The Hall–Kier alpha value is -1.62. The molecule has 2 rings (SSSR count). The number of halogens is 2. The molecular weight excluding hydrogens is 335 g/mol. The highest BCUT2D eigenvalue weighted by Gasteiger charge is 2.16. The number of aryl methyl sites for hydroxylation is 1. The van der Waals surface area contributed by atoms with Gasteiger partial charge in [0.15, 0.2) is 0 Å². The first-order valence-corrected chi connectivity index (χ1v) is 7.72. The first kappa shape index (κ1) is 15.8. The van der Waals surface area contributed by atoms with Gasteiger partial charge in [-0.25, -0.2) is 4.39 Å². The van der Waals surface area contributed by atoms with Gasteiger partial charge in [0.05, 0.1) is 6.04 Å². The van der Waals surface area contributed by atoms with Crippen LogP contribution in [0.25, 0.3) is 0 Å². The third kappa shape index (κ3) is 3.94. The van der Waals surface area contributed by atoms with E-state index in [1.807, 2.05) is 17.7 Å². The highest BCUT2D eigenvalue weighted by Crippen LogP contribution is 2.18. The standard InChI is InChI=1S/C16H18BrFN2O/c1-3-7-20-10-13(17)9-15(20)16(21)19-11(2)12-5-4-6-14(18)8-12/h4-6,8-11H,3,7H2,1-2H3,(H,19,21). The molecule has 1 heterocycles. The summed E-state index contributed by atoms with van der Waals surface area (Å²) in [5.41, 5.74) is 1.35. The third-order valence-electron chi connectivity index (χ3n) is 3.26. The van der Waals surface area contributed by atoms with Gasteiger partial charge >= 0.3 is 0 Å². The number of nitrogens with zero attached hydrogens (tertiary/aromatic N) is 1. The van der Waals surface area contributed by atoms with Crippen molar-refractivity contribution in [2.75, 3.05) is 0 Å². The normalized spacial score (nSPS) is 12.2. The Labute approximate surface area is 132 Å². The van der Waals surface area contributed by atoms with Crippen molar-refractivity contribution >= 4 is 21.8 Å². The number of carbonyl (C=O) groups is 1. The molecule has 1 unspecified atom stereocenters. The number of aromatic nitrogens is 1. The van der Waals surface area contributed by atoms with E-state index in [2.05, 4.69) is 28.2 Å². The molecule has 1 aromatic carbocycles. The Kier molecular flexibility index (Phi) is 5.17. The molecule has 1 amide bonds. The molecule has 0 saturated heterocycles. The minimum Gasteiger partial charge on any atom is -0.344 e. The fourth-order valence-electron chi connectivity index (χ4n) is 2.22. The van der Waals surface area contributed by atoms with Gasteiger partial charge in [-0.05, 0) is 53.0 Å². The lowest BCUT2D eigenvalue weighted by Gasteiger charge is -2.15. The molecule has 2 aromatic rings. The van der Waals surface area contributed by atoms with Crippen LogP contribution in [0.5, 0.6) is 0 Å². The van der Waals surface area contributed by atoms with Gasteiger partial charge in [-0.1, -0.05) is 19.1 Å². The van der Waals surface area contributed by atoms with E-state index >= 15 is 0 Å². The van der Waals surface area contributed by atoms with Crippen LogP contribution in [-0.2, 0) is 6.54 Å². The molecule has 0 radical (unpaired) electrons. The lowest BCUT2D eigenvalue weighted by molar-refractivity contribution is 0.0930. The van der Waals surface area contributed by atoms with Gasteiger partial charge in [-0.15, -0.1) is 0 Å². The van der Waals surface area contributed by atoms with Gasteiger partial charge < -0.3 is 9.88 Å². The first-order chi connectivity index (χ1) is 10.0. The predicted octanol–water partition coefficient (Wildman–Crippen LogP) is 4.29. The maximum absolute atomic E-state index is 13.2. The number of rotatable bonds is 5. The Bertz CT molecular complexity index is 639. The Morgan fingerprint density at radius 1 is 1.43 bits per heavy atom. The van der Waals surface area contributed by atoms with E-state index in [9.17, 15) is 9.18 Å². The number of benzene rings is 1. The minimum absolute atomic E-state index is 0.161. The van der Waals surface area contributed by atoms with Crippen LogP contribution < -0.4 is 5.32 Å². The van der Waals surface area contributed by atoms with Crippen molar-refractivity contribution in [1.82, 2.24) is 9.88 Å². The number of amides is 1. The average Bonchev–Trinajstić information content (AvgIpc) is 2.80. The second-order valence-corrected chi connectivity index (χ2v) is 5.90. The molecule has 5 heteroatoms. The first-order valence-electron chi connectivity index (χ1n) is 6.93. The summed E-state index contributed by atoms with van der Waals surface area (Å²) < 4.78 is 16.0. The fraction of sp³-hybridized carbons (Fsp3) is 0.312. The van der Waals surface area contributed by atoms with Crippen LogP contribution in [0.3, 0.4) is 0 Å². The largest absolute Gasteiger partial charge is 0.344 e. The Balaban J connectivity index is 2.14. The molecule has 21 heavy (non-hydrogen) atoms. The Morgan fingerprint density at radius 2 is 2.19 bits per heavy atom. The van der Waals surface area contributed by atoms with Crippen molar-refractivity contribution in [3.05, 3.63) is 58.1 Å². The van der Waals surface area contributed by atoms with Crippen molar-refractivity contribution < 1.29 is 9.18 Å². The SMILES string of the molecule is CCCn1cc(Br)cc1C(=O)NC(C)c1cccc(F)c1. The molecule has 0 spiro atoms. The van der Waals surface area contributed by atoms with Crippen molar-refractivity contribution in [2.45, 2.75) is 32.9 Å². The molecule has 0 bridgehead atoms. The van der Waals surface area contributed by atoms with E-state index in [1.165, 1.54) is 12.1 Å². The molecular formula is C16H18BrFN2O. The number of carbonyl (C=O) groups excluding carboxylic acids is 1. The molecule has 1 atom stereocenters. The summed E-state index contributed by atoms with van der Waals surface area (Å²) >= 11 is 3.39. The molecule has 0 saturated carbocycles. The van der Waals surface area contributed by atoms with Crippen molar-refractivity contribution in [2.24, 2.45) is 0 Å². The minimum atomic E-state index is -0.300. The van der Waals surface area contributed by atoms with Gasteiger partial charge in [-0.3, -0.25) is 4.79 Å². The molecule has 3 nitrogen and oxygen atoms in total. The molecule has 1 N–H and O–H groups in total. The van der Waals surface area contributed by atoms with E-state index in [4.69, 9.17) is 0 Å². The molecule has 0 fully saturated rings. The number of hydrogen-bond donors (Lipinski definition) is 1. The second-order valence-electron chi connectivity index (χ2n) is 4.99. The smallest absolute Gasteiger partial charge is 0.268 e. The molecule has 0 aliphatic carbocycles. The highest BCUT2D eigenvalue weighted by atomic mass is 79.9. The van der Waals surface area contributed by atoms with E-state index in [0.717, 1.165) is 23.0 Å². The van der Waals surface area contributed by atoms with Crippen molar-refractivity contribution in [1.29, 1.82) is 0 Å². The lowest BCUT2D eigenvalue weighted by Crippen LogP contribution is -2.28. The molecule has 0 aliphatic heterocycles. The average molecular weight is 353 g/mol. The zero-order valence-corrected chi connectivity index (χ0v) is 13.7. The van der Waals surface area contributed by atoms with E-state index in [0.29, 0.717) is 5.69 Å². The molecule has 112 valence electrons. The van der Waals surface area contributed by atoms with Crippen molar-refractivity contribution in [3.63, 3.8) is 0 Å². The van der Waals surface area contributed by atoms with Crippen LogP contribution in [-0.4, -0.2) is 10.5 Å². The van der Waals surface area contributed by atoms with Crippen molar-refractivity contribution in [3.8, 4) is 0 Å². The highest BCUT2D eigenvalue weighted by molar-refractivity contribution is 9.10. The van der Waals surface area contributed by atoms with Crippen LogP contribution in [0, 0.1) is 5.82 Å². The zero-order chi connectivity index (χ0) is 15.4. The van der Waals surface area contributed by atoms with Crippen LogP contribution in [0.15, 0.2) is 41.0 Å². The summed E-state index contributed by atoms with van der Waals surface area (Å²) in [5, 5.41) is 2.90. The van der Waals surface area contributed by atoms with Crippen LogP contribution >= 0.6 is 15.9 Å². The summed E-state index contributed by atoms with van der Waals surface area (Å²) in [6.45, 7) is 4.68. The zero-order valence-electron chi connectivity index (χ0n) is 12.1. The number of nitrogens with one attached hydrogen (secondary N) is 1. The number of hydrogen-bond acceptors (Lipinski definition) is 1. The second kappa shape index (κ2) is 6.89. The summed E-state index contributed by atoms with van der Waals surface area (Å²) in [6, 6.07) is 7.81. The van der Waals surface area contributed by atoms with Crippen LogP contribution in [0.4, 0.5) is 4.39 Å². The van der Waals surface area contributed by atoms with E-state index < -0.39 is 0 Å². The maximum Gasteiger partial charge on any atom is 0.268 e. The van der Waals surface area contributed by atoms with Gasteiger partial charge in [0.2, 0.25) is 0 Å². The topological polar surface area (TPSA) is 34.0 Å². The summed E-state index contributed by atoms with van der Waals surface area (Å²) in [7, 11) is 0. The van der Waals surface area contributed by atoms with Gasteiger partial charge in [0, 0.05) is 17.2 Å². The van der Waals surface area contributed by atoms with Crippen LogP contribution in [0.2, 0.25) is 0 Å². The van der Waals surface area contributed by atoms with Gasteiger partial charge in [-0.2, -0.15) is 0 Å². The quantitative estimate of drug-likeness (QED) is 0.855. The lowest BCUT2D eigenvalue weighted by atomic mass is 10.1. The van der Waals surface area contributed by atoms with E-state index in [-0.39, 0.29) is 17.8 Å². The van der Waals surface area contributed by atoms with Gasteiger partial charge in [0.1, 0.15) is 11.5 Å². The monoisotopic (exact) mass is 352 g/mol. The Morgan fingerprint density at radius 3 is 2.86 bits per heavy atom. The maximum atomic E-state index is 13.2. The third-order valence-corrected chi connectivity index (χ3v) is 3.69. The van der Waals surface area contributed by atoms with Crippen LogP contribution in [0.1, 0.15) is 42.4 Å². The van der Waals surface area contributed by atoms with Gasteiger partial charge in [0.25, 0.3) is 5.91 Å². The fourth-order valence-corrected chi connectivity index (χ4v) is 2.68. The summed E-state index contributed by atoms with van der Waals surface area (Å²) in [4.78, 5) is 12.4. The van der Waals surface area contributed by atoms with E-state index in [1.54, 1.807) is 18.2 Å². The molecule has 0 aliphatic rings. The predicted molar refractivity (Wildman–Crippen MR) is 84.7 cm³/mol.